The normalized spacial score (nSPS) is 11.4. The second kappa shape index (κ2) is 7.49. The Labute approximate surface area is 142 Å². The largest absolute Gasteiger partial charge is 0.394 e. The van der Waals surface area contributed by atoms with Crippen LogP contribution in [0.4, 0.5) is 10.5 Å². The number of anilines is 1. The van der Waals surface area contributed by atoms with Crippen LogP contribution in [0.3, 0.4) is 0 Å². The summed E-state index contributed by atoms with van der Waals surface area (Å²) >= 11 is 0. The van der Waals surface area contributed by atoms with Crippen LogP contribution in [0.5, 0.6) is 0 Å². The number of hydrogen-bond acceptors (Lipinski definition) is 3. The summed E-state index contributed by atoms with van der Waals surface area (Å²) in [5, 5.41) is 19.9. The lowest BCUT2D eigenvalue weighted by Crippen LogP contribution is -2.52. The lowest BCUT2D eigenvalue weighted by Gasteiger charge is -2.30. The number of aliphatic hydroxyl groups excluding tert-OH is 1. The molecule has 24 heavy (non-hydrogen) atoms. The second-order valence-electron chi connectivity index (χ2n) is 6.08. The lowest BCUT2D eigenvalue weighted by atomic mass is 9.94. The number of urea groups is 1. The summed E-state index contributed by atoms with van der Waals surface area (Å²) in [6.07, 6.45) is 1.32. The Morgan fingerprint density at radius 3 is 2.46 bits per heavy atom. The fraction of sp³-hybridized carbons (Fsp3) is 0.444. The molecule has 1 heterocycles. The number of nitrogens with one attached hydrogen (secondary N) is 2. The lowest BCUT2D eigenvalue weighted by molar-refractivity contribution is 0.155. The highest BCUT2D eigenvalue weighted by molar-refractivity contribution is 5.92. The van der Waals surface area contributed by atoms with Gasteiger partial charge in [-0.3, -0.25) is 0 Å². The van der Waals surface area contributed by atoms with E-state index in [2.05, 4.69) is 15.7 Å². The molecule has 6 heteroatoms. The zero-order valence-electron chi connectivity index (χ0n) is 14.8. The molecule has 3 N–H and O–H groups in total. The van der Waals surface area contributed by atoms with E-state index in [1.54, 1.807) is 0 Å². The Hall–Kier alpha value is -2.34. The minimum absolute atomic E-state index is 0.0907. The Morgan fingerprint density at radius 2 is 1.92 bits per heavy atom. The fourth-order valence-electron chi connectivity index (χ4n) is 2.72. The van der Waals surface area contributed by atoms with E-state index >= 15 is 0 Å². The molecule has 2 rings (SSSR count). The van der Waals surface area contributed by atoms with Gasteiger partial charge in [0.1, 0.15) is 0 Å². The predicted octanol–water partition coefficient (Wildman–Crippen LogP) is 3.16. The van der Waals surface area contributed by atoms with E-state index in [9.17, 15) is 9.90 Å². The van der Waals surface area contributed by atoms with Gasteiger partial charge in [0.15, 0.2) is 0 Å². The van der Waals surface area contributed by atoms with E-state index in [1.165, 1.54) is 0 Å². The molecule has 130 valence electrons. The first-order valence-electron chi connectivity index (χ1n) is 8.27. The summed E-state index contributed by atoms with van der Waals surface area (Å²) in [6, 6.07) is 9.18. The van der Waals surface area contributed by atoms with Gasteiger partial charge in [0.2, 0.25) is 0 Å². The molecule has 6 nitrogen and oxygen atoms in total. The maximum absolute atomic E-state index is 12.4. The van der Waals surface area contributed by atoms with Gasteiger partial charge in [-0.25, -0.2) is 9.48 Å². The molecule has 2 aromatic rings. The minimum Gasteiger partial charge on any atom is -0.394 e. The maximum Gasteiger partial charge on any atom is 0.319 e. The van der Waals surface area contributed by atoms with Crippen molar-refractivity contribution < 1.29 is 9.90 Å². The fourth-order valence-corrected chi connectivity index (χ4v) is 2.72. The maximum atomic E-state index is 12.4. The van der Waals surface area contributed by atoms with Crippen LogP contribution >= 0.6 is 0 Å². The number of rotatable bonds is 6. The Balaban J connectivity index is 2.25. The number of para-hydroxylation sites is 2. The van der Waals surface area contributed by atoms with Gasteiger partial charge >= 0.3 is 6.03 Å². The zero-order valence-corrected chi connectivity index (χ0v) is 14.8. The zero-order chi connectivity index (χ0) is 17.7. The van der Waals surface area contributed by atoms with Gasteiger partial charge in [-0.1, -0.05) is 26.0 Å². The molecule has 1 aromatic heterocycles. The van der Waals surface area contributed by atoms with Crippen molar-refractivity contribution in [3.8, 4) is 5.69 Å². The van der Waals surface area contributed by atoms with Crippen molar-refractivity contribution in [2.75, 3.05) is 11.9 Å². The average Bonchev–Trinajstić information content (AvgIpc) is 2.91. The van der Waals surface area contributed by atoms with Crippen LogP contribution in [0.2, 0.25) is 0 Å². The van der Waals surface area contributed by atoms with Crippen molar-refractivity contribution in [3.05, 3.63) is 41.7 Å². The van der Waals surface area contributed by atoms with Crippen LogP contribution in [0.1, 0.15) is 38.1 Å². The molecule has 0 bridgehead atoms. The molecule has 0 atom stereocenters. The number of carbonyl (C=O) groups excluding carboxylic acids is 1. The van der Waals surface area contributed by atoms with E-state index in [0.717, 1.165) is 17.1 Å². The molecule has 0 aliphatic rings. The molecule has 0 saturated carbocycles. The third kappa shape index (κ3) is 3.76. The third-order valence-electron chi connectivity index (χ3n) is 4.42. The van der Waals surface area contributed by atoms with Crippen LogP contribution in [0.15, 0.2) is 30.3 Å². The Kier molecular flexibility index (Phi) is 5.62. The van der Waals surface area contributed by atoms with Crippen molar-refractivity contribution in [3.63, 3.8) is 0 Å². The SMILES string of the molecule is CCC(CC)(CO)NC(=O)Nc1ccccc1-n1nc(C)cc1C. The highest BCUT2D eigenvalue weighted by Gasteiger charge is 2.27. The van der Waals surface area contributed by atoms with E-state index in [-0.39, 0.29) is 12.6 Å². The summed E-state index contributed by atoms with van der Waals surface area (Å²) in [5.74, 6) is 0. The van der Waals surface area contributed by atoms with E-state index in [1.807, 2.05) is 62.7 Å². The number of amides is 2. The van der Waals surface area contributed by atoms with Crippen molar-refractivity contribution in [1.82, 2.24) is 15.1 Å². The minimum atomic E-state index is -0.600. The smallest absolute Gasteiger partial charge is 0.319 e. The molecule has 0 unspecified atom stereocenters. The van der Waals surface area contributed by atoms with Crippen LogP contribution in [-0.2, 0) is 0 Å². The third-order valence-corrected chi connectivity index (χ3v) is 4.42. The standard InChI is InChI=1S/C18H26N4O2/c1-5-18(6-2,12-23)20-17(24)19-15-9-7-8-10-16(15)22-14(4)11-13(3)21-22/h7-11,23H,5-6,12H2,1-4H3,(H2,19,20,24). The summed E-state index contributed by atoms with van der Waals surface area (Å²) in [7, 11) is 0. The number of aryl methyl sites for hydroxylation is 2. The number of nitrogens with zero attached hydrogens (tertiary/aromatic N) is 2. The number of benzene rings is 1. The van der Waals surface area contributed by atoms with Gasteiger partial charge in [0.25, 0.3) is 0 Å². The molecular formula is C18H26N4O2. The molecule has 0 saturated heterocycles. The topological polar surface area (TPSA) is 79.2 Å². The van der Waals surface area contributed by atoms with Gasteiger partial charge in [0.05, 0.1) is 29.2 Å². The molecule has 0 spiro atoms. The summed E-state index contributed by atoms with van der Waals surface area (Å²) in [4.78, 5) is 12.4. The second-order valence-corrected chi connectivity index (χ2v) is 6.08. The summed E-state index contributed by atoms with van der Waals surface area (Å²) in [6.45, 7) is 7.71. The first-order chi connectivity index (χ1) is 11.4. The molecule has 0 radical (unpaired) electrons. The summed E-state index contributed by atoms with van der Waals surface area (Å²) < 4.78 is 1.81. The summed E-state index contributed by atoms with van der Waals surface area (Å²) in [5.41, 5.74) is 2.79. The van der Waals surface area contributed by atoms with Crippen LogP contribution < -0.4 is 10.6 Å². The van der Waals surface area contributed by atoms with E-state index < -0.39 is 5.54 Å². The Morgan fingerprint density at radius 1 is 1.25 bits per heavy atom. The molecule has 0 aliphatic heterocycles. The number of aliphatic hydroxyl groups is 1. The molecule has 1 aromatic carbocycles. The average molecular weight is 330 g/mol. The number of hydrogen-bond donors (Lipinski definition) is 3. The van der Waals surface area contributed by atoms with Crippen molar-refractivity contribution >= 4 is 11.7 Å². The molecule has 0 aliphatic carbocycles. The highest BCUT2D eigenvalue weighted by Crippen LogP contribution is 2.22. The van der Waals surface area contributed by atoms with Gasteiger partial charge in [0, 0.05) is 5.69 Å². The quantitative estimate of drug-likeness (QED) is 0.761. The van der Waals surface area contributed by atoms with E-state index in [4.69, 9.17) is 0 Å². The Bertz CT molecular complexity index is 697. The number of aromatic nitrogens is 2. The van der Waals surface area contributed by atoms with Gasteiger partial charge in [-0.2, -0.15) is 5.10 Å². The van der Waals surface area contributed by atoms with Crippen molar-refractivity contribution in [1.29, 1.82) is 0 Å². The van der Waals surface area contributed by atoms with Crippen LogP contribution in [0.25, 0.3) is 5.69 Å². The first kappa shape index (κ1) is 18.0. The molecule has 2 amide bonds. The first-order valence-corrected chi connectivity index (χ1v) is 8.27. The highest BCUT2D eigenvalue weighted by atomic mass is 16.3. The van der Waals surface area contributed by atoms with Crippen molar-refractivity contribution in [2.45, 2.75) is 46.1 Å². The van der Waals surface area contributed by atoms with Crippen LogP contribution in [0, 0.1) is 13.8 Å². The van der Waals surface area contributed by atoms with E-state index in [0.29, 0.717) is 18.5 Å². The molecular weight excluding hydrogens is 304 g/mol. The van der Waals surface area contributed by atoms with Crippen LogP contribution in [-0.4, -0.2) is 33.1 Å². The number of carbonyl (C=O) groups is 1. The van der Waals surface area contributed by atoms with Gasteiger partial charge in [-0.05, 0) is 44.9 Å². The van der Waals surface area contributed by atoms with Gasteiger partial charge in [-0.15, -0.1) is 0 Å². The molecule has 0 fully saturated rings. The van der Waals surface area contributed by atoms with Gasteiger partial charge < -0.3 is 15.7 Å². The monoisotopic (exact) mass is 330 g/mol. The van der Waals surface area contributed by atoms with Crippen molar-refractivity contribution in [2.24, 2.45) is 0 Å². The predicted molar refractivity (Wildman–Crippen MR) is 95.6 cm³/mol.